The number of hydrogen-bond donors (Lipinski definition) is 2. The molecule has 1 heterocycles. The summed E-state index contributed by atoms with van der Waals surface area (Å²) in [5.41, 5.74) is 6.79. The van der Waals surface area contributed by atoms with Crippen LogP contribution in [0.1, 0.15) is 37.1 Å². The molecule has 0 aliphatic heterocycles. The van der Waals surface area contributed by atoms with Crippen molar-refractivity contribution in [2.45, 2.75) is 51.2 Å². The van der Waals surface area contributed by atoms with Crippen LogP contribution >= 0.6 is 0 Å². The van der Waals surface area contributed by atoms with Gasteiger partial charge >= 0.3 is 0 Å². The molecule has 1 aliphatic carbocycles. The van der Waals surface area contributed by atoms with Crippen LogP contribution in [-0.4, -0.2) is 17.2 Å². The van der Waals surface area contributed by atoms with Crippen molar-refractivity contribution in [3.63, 3.8) is 0 Å². The highest BCUT2D eigenvalue weighted by molar-refractivity contribution is 5.02. The Bertz CT molecular complexity index is 303. The van der Waals surface area contributed by atoms with Crippen molar-refractivity contribution in [3.8, 4) is 0 Å². The van der Waals surface area contributed by atoms with Crippen LogP contribution < -0.4 is 11.1 Å². The van der Waals surface area contributed by atoms with E-state index in [1.165, 1.54) is 12.8 Å². The number of nitrogens with one attached hydrogen (secondary N) is 1. The average molecular weight is 209 g/mol. The molecule has 1 aromatic heterocycles. The smallest absolute Gasteiger partial charge is 0.150 e. The molecule has 84 valence electrons. The summed E-state index contributed by atoms with van der Waals surface area (Å²) in [6.45, 7) is 2.72. The quantitative estimate of drug-likeness (QED) is 0.788. The maximum Gasteiger partial charge on any atom is 0.150 e. The lowest BCUT2D eigenvalue weighted by atomic mass is 9.92. The highest BCUT2D eigenvalue weighted by Gasteiger charge is 2.18. The summed E-state index contributed by atoms with van der Waals surface area (Å²) in [5.74, 6) is 0.919. The topological polar surface area (TPSA) is 64.1 Å². The highest BCUT2D eigenvalue weighted by Crippen LogP contribution is 2.17. The van der Waals surface area contributed by atoms with E-state index in [0.717, 1.165) is 30.8 Å². The summed E-state index contributed by atoms with van der Waals surface area (Å²) in [7, 11) is 0. The zero-order valence-electron chi connectivity index (χ0n) is 9.20. The number of hydrogen-bond acceptors (Lipinski definition) is 4. The minimum Gasteiger partial charge on any atom is -0.360 e. The Kier molecular flexibility index (Phi) is 3.38. The van der Waals surface area contributed by atoms with E-state index in [1.54, 1.807) is 0 Å². The molecular formula is C11H19N3O. The van der Waals surface area contributed by atoms with Crippen LogP contribution in [-0.2, 0) is 6.54 Å². The summed E-state index contributed by atoms with van der Waals surface area (Å²) in [4.78, 5) is 0. The van der Waals surface area contributed by atoms with E-state index in [9.17, 15) is 0 Å². The first-order chi connectivity index (χ1) is 7.24. The lowest BCUT2D eigenvalue weighted by Crippen LogP contribution is -2.36. The van der Waals surface area contributed by atoms with E-state index in [4.69, 9.17) is 10.3 Å². The van der Waals surface area contributed by atoms with Crippen molar-refractivity contribution in [1.82, 2.24) is 10.5 Å². The predicted octanol–water partition coefficient (Wildman–Crippen LogP) is 1.34. The van der Waals surface area contributed by atoms with Gasteiger partial charge in [-0.15, -0.1) is 0 Å². The lowest BCUT2D eigenvalue weighted by Gasteiger charge is -2.26. The monoisotopic (exact) mass is 209 g/mol. The molecule has 0 atom stereocenters. The van der Waals surface area contributed by atoms with Gasteiger partial charge in [0.2, 0.25) is 0 Å². The fourth-order valence-corrected chi connectivity index (χ4v) is 2.07. The van der Waals surface area contributed by atoms with Crippen LogP contribution in [0.4, 0.5) is 0 Å². The van der Waals surface area contributed by atoms with Gasteiger partial charge in [-0.05, 0) is 32.6 Å². The number of nitrogens with two attached hydrogens (primary N) is 1. The van der Waals surface area contributed by atoms with Crippen LogP contribution in [0.3, 0.4) is 0 Å². The minimum atomic E-state index is 0.413. The van der Waals surface area contributed by atoms with Crippen molar-refractivity contribution in [2.24, 2.45) is 5.73 Å². The average Bonchev–Trinajstić information content (AvgIpc) is 2.64. The van der Waals surface area contributed by atoms with Crippen LogP contribution in [0.25, 0.3) is 0 Å². The minimum absolute atomic E-state index is 0.413. The van der Waals surface area contributed by atoms with E-state index >= 15 is 0 Å². The molecule has 0 saturated heterocycles. The molecule has 4 heteroatoms. The molecule has 1 aromatic rings. The van der Waals surface area contributed by atoms with Gasteiger partial charge in [0.25, 0.3) is 0 Å². The van der Waals surface area contributed by atoms with Crippen molar-refractivity contribution in [1.29, 1.82) is 0 Å². The van der Waals surface area contributed by atoms with Crippen LogP contribution in [0.2, 0.25) is 0 Å². The van der Waals surface area contributed by atoms with Gasteiger partial charge in [-0.2, -0.15) is 0 Å². The van der Waals surface area contributed by atoms with Crippen molar-refractivity contribution in [2.75, 3.05) is 0 Å². The molecule has 1 aliphatic rings. The van der Waals surface area contributed by atoms with E-state index < -0.39 is 0 Å². The summed E-state index contributed by atoms with van der Waals surface area (Å²) in [6, 6.07) is 2.98. The first-order valence-electron chi connectivity index (χ1n) is 5.65. The number of aromatic nitrogens is 1. The summed E-state index contributed by atoms with van der Waals surface area (Å²) >= 11 is 0. The second kappa shape index (κ2) is 4.77. The number of rotatable bonds is 3. The Morgan fingerprint density at radius 2 is 2.20 bits per heavy atom. The van der Waals surface area contributed by atoms with Gasteiger partial charge in [0, 0.05) is 18.2 Å². The van der Waals surface area contributed by atoms with Crippen LogP contribution in [0, 0.1) is 6.92 Å². The molecular weight excluding hydrogens is 190 g/mol. The van der Waals surface area contributed by atoms with Gasteiger partial charge in [0.1, 0.15) is 0 Å². The van der Waals surface area contributed by atoms with Gasteiger partial charge in [-0.1, -0.05) is 5.16 Å². The zero-order chi connectivity index (χ0) is 10.7. The Balaban J connectivity index is 1.74. The Morgan fingerprint density at radius 1 is 1.47 bits per heavy atom. The van der Waals surface area contributed by atoms with Crippen molar-refractivity contribution in [3.05, 3.63) is 17.5 Å². The Hall–Kier alpha value is -0.870. The molecule has 1 fully saturated rings. The molecule has 0 radical (unpaired) electrons. The lowest BCUT2D eigenvalue weighted by molar-refractivity contribution is 0.316. The van der Waals surface area contributed by atoms with Gasteiger partial charge < -0.3 is 15.6 Å². The number of nitrogens with zero attached hydrogens (tertiary/aromatic N) is 1. The molecule has 0 spiro atoms. The predicted molar refractivity (Wildman–Crippen MR) is 58.3 cm³/mol. The second-order valence-electron chi connectivity index (χ2n) is 4.43. The fourth-order valence-electron chi connectivity index (χ4n) is 2.07. The fraction of sp³-hybridized carbons (Fsp3) is 0.727. The Morgan fingerprint density at radius 3 is 2.80 bits per heavy atom. The molecule has 4 nitrogen and oxygen atoms in total. The molecule has 15 heavy (non-hydrogen) atoms. The number of aryl methyl sites for hydroxylation is 1. The maximum atomic E-state index is 5.85. The standard InChI is InChI=1S/C11H19N3O/c1-8-6-11(15-14-8)7-13-10-4-2-9(12)3-5-10/h6,9-10,13H,2-5,7,12H2,1H3. The van der Waals surface area contributed by atoms with Gasteiger partial charge in [0.15, 0.2) is 5.76 Å². The van der Waals surface area contributed by atoms with E-state index in [-0.39, 0.29) is 0 Å². The summed E-state index contributed by atoms with van der Waals surface area (Å²) in [5, 5.41) is 7.34. The molecule has 0 unspecified atom stereocenters. The maximum absolute atomic E-state index is 5.85. The summed E-state index contributed by atoms with van der Waals surface area (Å²) < 4.78 is 5.14. The largest absolute Gasteiger partial charge is 0.360 e. The van der Waals surface area contributed by atoms with E-state index in [2.05, 4.69) is 10.5 Å². The van der Waals surface area contributed by atoms with E-state index in [1.807, 2.05) is 13.0 Å². The third-order valence-corrected chi connectivity index (χ3v) is 3.01. The third kappa shape index (κ3) is 3.04. The normalized spacial score (nSPS) is 26.8. The first-order valence-corrected chi connectivity index (χ1v) is 5.65. The second-order valence-corrected chi connectivity index (χ2v) is 4.43. The molecule has 1 saturated carbocycles. The molecule has 0 aromatic carbocycles. The molecule has 3 N–H and O–H groups in total. The van der Waals surface area contributed by atoms with Gasteiger partial charge in [-0.3, -0.25) is 0 Å². The van der Waals surface area contributed by atoms with Crippen molar-refractivity contribution < 1.29 is 4.52 Å². The third-order valence-electron chi connectivity index (χ3n) is 3.01. The van der Waals surface area contributed by atoms with Crippen LogP contribution in [0.5, 0.6) is 0 Å². The first kappa shape index (κ1) is 10.6. The highest BCUT2D eigenvalue weighted by atomic mass is 16.5. The SMILES string of the molecule is Cc1cc(CNC2CCC(N)CC2)on1. The van der Waals surface area contributed by atoms with Crippen LogP contribution in [0.15, 0.2) is 10.6 Å². The van der Waals surface area contributed by atoms with Gasteiger partial charge in [0.05, 0.1) is 12.2 Å². The zero-order valence-corrected chi connectivity index (χ0v) is 9.20. The molecule has 0 amide bonds. The van der Waals surface area contributed by atoms with E-state index in [0.29, 0.717) is 12.1 Å². The molecule has 0 bridgehead atoms. The molecule has 2 rings (SSSR count). The Labute approximate surface area is 90.2 Å². The van der Waals surface area contributed by atoms with Crippen molar-refractivity contribution >= 4 is 0 Å². The van der Waals surface area contributed by atoms with Gasteiger partial charge in [-0.25, -0.2) is 0 Å². The summed E-state index contributed by atoms with van der Waals surface area (Å²) in [6.07, 6.45) is 4.61.